The monoisotopic (exact) mass is 262 g/mol. The van der Waals surface area contributed by atoms with Crippen LogP contribution in [-0.4, -0.2) is 13.7 Å². The maximum absolute atomic E-state index is 5.56. The Hall–Kier alpha value is -1.94. The molecule has 0 fully saturated rings. The molecule has 2 rings (SSSR count). The van der Waals surface area contributed by atoms with Crippen molar-refractivity contribution in [2.45, 2.75) is 20.0 Å². The van der Waals surface area contributed by atoms with Crippen LogP contribution in [0.4, 0.5) is 0 Å². The van der Waals surface area contributed by atoms with Gasteiger partial charge in [0, 0.05) is 5.56 Å². The summed E-state index contributed by atoms with van der Waals surface area (Å²) in [6, 6.07) is 9.92. The van der Waals surface area contributed by atoms with E-state index in [1.54, 1.807) is 13.4 Å². The van der Waals surface area contributed by atoms with Crippen molar-refractivity contribution in [3.8, 4) is 11.5 Å². The number of quaternary nitrogens is 1. The zero-order valence-corrected chi connectivity index (χ0v) is 11.4. The molecule has 0 unspecified atom stereocenters. The fourth-order valence-corrected chi connectivity index (χ4v) is 1.93. The van der Waals surface area contributed by atoms with E-state index in [1.807, 2.05) is 31.2 Å². The van der Waals surface area contributed by atoms with Crippen molar-refractivity contribution in [1.82, 2.24) is 0 Å². The number of hydrogen-bond donors (Lipinski definition) is 1. The molecule has 2 aromatic rings. The van der Waals surface area contributed by atoms with E-state index < -0.39 is 0 Å². The summed E-state index contributed by atoms with van der Waals surface area (Å²) < 4.78 is 16.1. The van der Waals surface area contributed by atoms with Crippen LogP contribution in [0.25, 0.3) is 0 Å². The van der Waals surface area contributed by atoms with Crippen molar-refractivity contribution in [3.63, 3.8) is 0 Å². The topological polar surface area (TPSA) is 48.2 Å². The highest BCUT2D eigenvalue weighted by Gasteiger charge is 2.06. The lowest BCUT2D eigenvalue weighted by atomic mass is 10.2. The molecule has 0 aliphatic heterocycles. The molecule has 19 heavy (non-hydrogen) atoms. The molecule has 0 bridgehead atoms. The molecule has 0 amide bonds. The summed E-state index contributed by atoms with van der Waals surface area (Å²) in [7, 11) is 1.65. The van der Waals surface area contributed by atoms with E-state index in [9.17, 15) is 0 Å². The number of rotatable bonds is 7. The summed E-state index contributed by atoms with van der Waals surface area (Å²) in [4.78, 5) is 0. The molecule has 0 spiro atoms. The van der Waals surface area contributed by atoms with E-state index in [-0.39, 0.29) is 0 Å². The molecule has 0 aliphatic rings. The maximum atomic E-state index is 5.56. The van der Waals surface area contributed by atoms with Gasteiger partial charge in [-0.3, -0.25) is 0 Å². The van der Waals surface area contributed by atoms with E-state index in [4.69, 9.17) is 13.9 Å². The average molecular weight is 262 g/mol. The van der Waals surface area contributed by atoms with Crippen molar-refractivity contribution in [2.75, 3.05) is 13.7 Å². The van der Waals surface area contributed by atoms with Crippen molar-refractivity contribution < 1.29 is 19.2 Å². The number of ether oxygens (including phenoxy) is 2. The largest absolute Gasteiger partial charge is 0.493 e. The zero-order valence-electron chi connectivity index (χ0n) is 11.4. The molecule has 0 radical (unpaired) electrons. The van der Waals surface area contributed by atoms with E-state index >= 15 is 0 Å². The van der Waals surface area contributed by atoms with E-state index in [0.29, 0.717) is 6.61 Å². The predicted molar refractivity (Wildman–Crippen MR) is 72.2 cm³/mol. The van der Waals surface area contributed by atoms with Gasteiger partial charge in [-0.1, -0.05) is 0 Å². The molecule has 1 aromatic heterocycles. The first kappa shape index (κ1) is 13.5. The van der Waals surface area contributed by atoms with Crippen molar-refractivity contribution >= 4 is 0 Å². The van der Waals surface area contributed by atoms with Gasteiger partial charge in [-0.05, 0) is 37.3 Å². The second-order valence-corrected chi connectivity index (χ2v) is 4.19. The van der Waals surface area contributed by atoms with Gasteiger partial charge in [-0.2, -0.15) is 0 Å². The highest BCUT2D eigenvalue weighted by molar-refractivity contribution is 5.42. The van der Waals surface area contributed by atoms with Gasteiger partial charge in [0.2, 0.25) is 0 Å². The van der Waals surface area contributed by atoms with Gasteiger partial charge >= 0.3 is 0 Å². The standard InChI is InChI=1S/C15H19NO3/c1-3-18-15-9-12(6-7-14(15)17-2)10-16-11-13-5-4-8-19-13/h4-9,16H,3,10-11H2,1-2H3/p+1. The molecule has 0 aliphatic carbocycles. The van der Waals surface area contributed by atoms with Gasteiger partial charge in [0.15, 0.2) is 17.3 Å². The predicted octanol–water partition coefficient (Wildman–Crippen LogP) is 1.95. The maximum Gasteiger partial charge on any atom is 0.161 e. The van der Waals surface area contributed by atoms with Crippen LogP contribution in [0, 0.1) is 0 Å². The summed E-state index contributed by atoms with van der Waals surface area (Å²) >= 11 is 0. The molecular formula is C15H20NO3+. The van der Waals surface area contributed by atoms with Crippen LogP contribution in [-0.2, 0) is 13.1 Å². The minimum atomic E-state index is 0.635. The van der Waals surface area contributed by atoms with Crippen LogP contribution >= 0.6 is 0 Å². The van der Waals surface area contributed by atoms with Gasteiger partial charge in [-0.25, -0.2) is 0 Å². The fraction of sp³-hybridized carbons (Fsp3) is 0.333. The van der Waals surface area contributed by atoms with Gasteiger partial charge < -0.3 is 19.2 Å². The van der Waals surface area contributed by atoms with Gasteiger partial charge in [0.1, 0.15) is 13.1 Å². The molecule has 0 atom stereocenters. The van der Waals surface area contributed by atoms with Gasteiger partial charge in [0.05, 0.1) is 20.0 Å². The Balaban J connectivity index is 1.94. The highest BCUT2D eigenvalue weighted by Crippen LogP contribution is 2.27. The van der Waals surface area contributed by atoms with Crippen LogP contribution < -0.4 is 14.8 Å². The molecule has 4 nitrogen and oxygen atoms in total. The number of hydrogen-bond acceptors (Lipinski definition) is 3. The van der Waals surface area contributed by atoms with Crippen molar-refractivity contribution in [1.29, 1.82) is 0 Å². The lowest BCUT2D eigenvalue weighted by molar-refractivity contribution is -0.688. The van der Waals surface area contributed by atoms with Crippen molar-refractivity contribution in [2.24, 2.45) is 0 Å². The minimum absolute atomic E-state index is 0.635. The smallest absolute Gasteiger partial charge is 0.161 e. The van der Waals surface area contributed by atoms with E-state index in [2.05, 4.69) is 11.4 Å². The fourth-order valence-electron chi connectivity index (χ4n) is 1.93. The molecule has 0 saturated carbocycles. The summed E-state index contributed by atoms with van der Waals surface area (Å²) in [6.07, 6.45) is 1.70. The Bertz CT molecular complexity index is 494. The second kappa shape index (κ2) is 6.85. The average Bonchev–Trinajstić information content (AvgIpc) is 2.93. The normalized spacial score (nSPS) is 10.4. The first-order valence-electron chi connectivity index (χ1n) is 6.47. The summed E-state index contributed by atoms with van der Waals surface area (Å²) in [5, 5.41) is 2.19. The van der Waals surface area contributed by atoms with Gasteiger partial charge in [0.25, 0.3) is 0 Å². The van der Waals surface area contributed by atoms with Crippen LogP contribution in [0.5, 0.6) is 11.5 Å². The SMILES string of the molecule is CCOc1cc(C[NH2+]Cc2ccco2)ccc1OC. The molecule has 2 N–H and O–H groups in total. The quantitative estimate of drug-likeness (QED) is 0.829. The number of nitrogens with two attached hydrogens (primary N) is 1. The molecule has 4 heteroatoms. The number of methoxy groups -OCH3 is 1. The Kier molecular flexibility index (Phi) is 4.86. The molecule has 1 heterocycles. The third kappa shape index (κ3) is 3.76. The van der Waals surface area contributed by atoms with Crippen molar-refractivity contribution in [3.05, 3.63) is 47.9 Å². The summed E-state index contributed by atoms with van der Waals surface area (Å²) in [5.74, 6) is 2.56. The number of furan rings is 1. The third-order valence-corrected chi connectivity index (χ3v) is 2.83. The van der Waals surface area contributed by atoms with Crippen LogP contribution in [0.1, 0.15) is 18.2 Å². The first-order valence-corrected chi connectivity index (χ1v) is 6.47. The lowest BCUT2D eigenvalue weighted by Crippen LogP contribution is -2.80. The van der Waals surface area contributed by atoms with Gasteiger partial charge in [-0.15, -0.1) is 0 Å². The Morgan fingerprint density at radius 1 is 1.16 bits per heavy atom. The molecule has 102 valence electrons. The molecule has 0 saturated heterocycles. The zero-order chi connectivity index (χ0) is 13.5. The lowest BCUT2D eigenvalue weighted by Gasteiger charge is -2.10. The molecule has 1 aromatic carbocycles. The van der Waals surface area contributed by atoms with E-state index in [0.717, 1.165) is 30.3 Å². The second-order valence-electron chi connectivity index (χ2n) is 4.19. The first-order chi connectivity index (χ1) is 9.33. The Morgan fingerprint density at radius 2 is 2.05 bits per heavy atom. The molecular weight excluding hydrogens is 242 g/mol. The van der Waals surface area contributed by atoms with Crippen LogP contribution in [0.2, 0.25) is 0 Å². The summed E-state index contributed by atoms with van der Waals surface area (Å²) in [6.45, 7) is 4.32. The Morgan fingerprint density at radius 3 is 2.74 bits per heavy atom. The highest BCUT2D eigenvalue weighted by atomic mass is 16.5. The van der Waals surface area contributed by atoms with Crippen LogP contribution in [0.15, 0.2) is 41.0 Å². The van der Waals surface area contributed by atoms with E-state index in [1.165, 1.54) is 5.56 Å². The summed E-state index contributed by atoms with van der Waals surface area (Å²) in [5.41, 5.74) is 1.20. The van der Waals surface area contributed by atoms with Crippen LogP contribution in [0.3, 0.4) is 0 Å². The Labute approximate surface area is 113 Å². The number of benzene rings is 1. The third-order valence-electron chi connectivity index (χ3n) is 2.83. The minimum Gasteiger partial charge on any atom is -0.493 e.